The van der Waals surface area contributed by atoms with Crippen molar-refractivity contribution < 1.29 is 4.79 Å². The molecule has 7 heteroatoms. The van der Waals surface area contributed by atoms with E-state index < -0.39 is 0 Å². The number of amides is 1. The Kier molecular flexibility index (Phi) is 7.84. The number of nitrogens with two attached hydrogens (primary N) is 1. The first kappa shape index (κ1) is 19.8. The molecule has 2 rings (SSSR count). The topological polar surface area (TPSA) is 80.3 Å². The van der Waals surface area contributed by atoms with Crippen LogP contribution < -0.4 is 5.73 Å². The normalized spacial score (nSPS) is 18.3. The van der Waals surface area contributed by atoms with Gasteiger partial charge in [0.1, 0.15) is 6.04 Å². The van der Waals surface area contributed by atoms with Gasteiger partial charge in [0.05, 0.1) is 5.69 Å². The van der Waals surface area contributed by atoms with Crippen LogP contribution >= 0.6 is 0 Å². The van der Waals surface area contributed by atoms with Gasteiger partial charge >= 0.3 is 0 Å². The zero-order valence-corrected chi connectivity index (χ0v) is 16.0. The van der Waals surface area contributed by atoms with Crippen molar-refractivity contribution in [1.82, 2.24) is 24.8 Å². The number of aromatic nitrogens is 3. The summed E-state index contributed by atoms with van der Waals surface area (Å²) >= 11 is 0. The number of likely N-dealkylation sites (N-methyl/N-ethyl adjacent to an activating group) is 1. The van der Waals surface area contributed by atoms with E-state index >= 15 is 0 Å². The third kappa shape index (κ3) is 5.25. The molecule has 0 spiro atoms. The quantitative estimate of drug-likeness (QED) is 0.679. The van der Waals surface area contributed by atoms with E-state index in [2.05, 4.69) is 36.0 Å². The average Bonchev–Trinajstić information content (AvgIpc) is 3.10. The third-order valence-corrected chi connectivity index (χ3v) is 5.30. The molecule has 1 saturated heterocycles. The lowest BCUT2D eigenvalue weighted by Crippen LogP contribution is -2.51. The van der Waals surface area contributed by atoms with Crippen LogP contribution in [0, 0.1) is 5.92 Å². The second-order valence-electron chi connectivity index (χ2n) is 7.03. The number of unbranched alkanes of at least 4 members (excludes halogenated alkanes) is 1. The molecule has 7 nitrogen and oxygen atoms in total. The van der Waals surface area contributed by atoms with Crippen molar-refractivity contribution in [3.63, 3.8) is 0 Å². The molecule has 142 valence electrons. The number of carbonyl (C=O) groups is 1. The van der Waals surface area contributed by atoms with Gasteiger partial charge in [-0.25, -0.2) is 4.68 Å². The van der Waals surface area contributed by atoms with Crippen LogP contribution in [0.4, 0.5) is 0 Å². The number of piperazine rings is 1. The SMILES string of the molecule is CCC(C)[C@@H](C(=O)N1CCN(CC)CC1)n1cc(CCCCN)nn1. The van der Waals surface area contributed by atoms with Crippen molar-refractivity contribution in [3.8, 4) is 0 Å². The Morgan fingerprint density at radius 3 is 2.56 bits per heavy atom. The maximum absolute atomic E-state index is 13.2. The largest absolute Gasteiger partial charge is 0.338 e. The van der Waals surface area contributed by atoms with Crippen LogP contribution in [0.5, 0.6) is 0 Å². The molecule has 0 radical (unpaired) electrons. The van der Waals surface area contributed by atoms with E-state index in [-0.39, 0.29) is 17.9 Å². The Labute approximate surface area is 151 Å². The minimum absolute atomic E-state index is 0.184. The molecule has 0 saturated carbocycles. The van der Waals surface area contributed by atoms with Gasteiger partial charge in [-0.2, -0.15) is 0 Å². The van der Waals surface area contributed by atoms with Crippen LogP contribution in [0.2, 0.25) is 0 Å². The summed E-state index contributed by atoms with van der Waals surface area (Å²) in [4.78, 5) is 17.5. The van der Waals surface area contributed by atoms with E-state index in [1.807, 2.05) is 11.1 Å². The van der Waals surface area contributed by atoms with Gasteiger partial charge in [-0.3, -0.25) is 4.79 Å². The Morgan fingerprint density at radius 2 is 1.96 bits per heavy atom. The van der Waals surface area contributed by atoms with Crippen molar-refractivity contribution >= 4 is 5.91 Å². The van der Waals surface area contributed by atoms with Crippen LogP contribution in [-0.2, 0) is 11.2 Å². The second-order valence-corrected chi connectivity index (χ2v) is 7.03. The van der Waals surface area contributed by atoms with Crippen LogP contribution in [-0.4, -0.2) is 70.0 Å². The lowest BCUT2D eigenvalue weighted by molar-refractivity contribution is -0.138. The van der Waals surface area contributed by atoms with Gasteiger partial charge < -0.3 is 15.5 Å². The predicted molar refractivity (Wildman–Crippen MR) is 99.2 cm³/mol. The van der Waals surface area contributed by atoms with Gasteiger partial charge in [-0.05, 0) is 38.3 Å². The summed E-state index contributed by atoms with van der Waals surface area (Å²) in [6.45, 7) is 11.7. The van der Waals surface area contributed by atoms with E-state index in [4.69, 9.17) is 5.73 Å². The maximum atomic E-state index is 13.2. The average molecular weight is 351 g/mol. The highest BCUT2D eigenvalue weighted by Crippen LogP contribution is 2.24. The lowest BCUT2D eigenvalue weighted by Gasteiger charge is -2.36. The molecule has 1 fully saturated rings. The van der Waals surface area contributed by atoms with E-state index in [0.717, 1.165) is 64.1 Å². The standard InChI is InChI=1S/C18H34N6O/c1-4-15(3)17(18(25)23-12-10-22(5-2)11-13-23)24-14-16(20-21-24)8-6-7-9-19/h14-15,17H,4-13,19H2,1-3H3/t15?,17-/m0/s1. The van der Waals surface area contributed by atoms with Gasteiger partial charge in [0.15, 0.2) is 0 Å². The molecule has 25 heavy (non-hydrogen) atoms. The lowest BCUT2D eigenvalue weighted by atomic mass is 9.97. The second kappa shape index (κ2) is 9.87. The van der Waals surface area contributed by atoms with E-state index in [9.17, 15) is 4.79 Å². The Balaban J connectivity index is 2.07. The molecular weight excluding hydrogens is 316 g/mol. The summed E-state index contributed by atoms with van der Waals surface area (Å²) in [5.41, 5.74) is 6.50. The summed E-state index contributed by atoms with van der Waals surface area (Å²) in [6, 6.07) is -0.256. The molecule has 0 aliphatic carbocycles. The Morgan fingerprint density at radius 1 is 1.24 bits per heavy atom. The highest BCUT2D eigenvalue weighted by Gasteiger charge is 2.32. The highest BCUT2D eigenvalue weighted by atomic mass is 16.2. The van der Waals surface area contributed by atoms with Crippen molar-refractivity contribution in [3.05, 3.63) is 11.9 Å². The molecule has 1 aromatic heterocycles. The first-order valence-electron chi connectivity index (χ1n) is 9.72. The molecule has 1 aliphatic rings. The summed E-state index contributed by atoms with van der Waals surface area (Å²) < 4.78 is 1.79. The van der Waals surface area contributed by atoms with Gasteiger partial charge in [-0.1, -0.05) is 32.4 Å². The van der Waals surface area contributed by atoms with Crippen molar-refractivity contribution in [2.75, 3.05) is 39.3 Å². The predicted octanol–water partition coefficient (Wildman–Crippen LogP) is 1.31. The minimum Gasteiger partial charge on any atom is -0.338 e. The molecule has 2 atom stereocenters. The molecule has 1 amide bonds. The van der Waals surface area contributed by atoms with Crippen molar-refractivity contribution in [2.24, 2.45) is 11.7 Å². The monoisotopic (exact) mass is 350 g/mol. The van der Waals surface area contributed by atoms with Gasteiger partial charge in [0, 0.05) is 32.4 Å². The van der Waals surface area contributed by atoms with Crippen LogP contribution in [0.1, 0.15) is 51.8 Å². The van der Waals surface area contributed by atoms with Gasteiger partial charge in [0.25, 0.3) is 0 Å². The maximum Gasteiger partial charge on any atom is 0.247 e. The van der Waals surface area contributed by atoms with E-state index in [1.54, 1.807) is 4.68 Å². The first-order valence-corrected chi connectivity index (χ1v) is 9.72. The van der Waals surface area contributed by atoms with Gasteiger partial charge in [-0.15, -0.1) is 5.10 Å². The number of aryl methyl sites for hydroxylation is 1. The summed E-state index contributed by atoms with van der Waals surface area (Å²) in [5.74, 6) is 0.416. The molecule has 1 unspecified atom stereocenters. The fraction of sp³-hybridized carbons (Fsp3) is 0.833. The van der Waals surface area contributed by atoms with Gasteiger partial charge in [0.2, 0.25) is 5.91 Å². The molecule has 1 aliphatic heterocycles. The van der Waals surface area contributed by atoms with E-state index in [0.29, 0.717) is 6.54 Å². The fourth-order valence-corrected chi connectivity index (χ4v) is 3.33. The number of carbonyl (C=O) groups excluding carboxylic acids is 1. The molecule has 2 N–H and O–H groups in total. The molecule has 1 aromatic rings. The molecule has 0 aromatic carbocycles. The smallest absolute Gasteiger partial charge is 0.247 e. The van der Waals surface area contributed by atoms with Crippen LogP contribution in [0.25, 0.3) is 0 Å². The third-order valence-electron chi connectivity index (χ3n) is 5.30. The number of nitrogens with zero attached hydrogens (tertiary/aromatic N) is 5. The zero-order valence-electron chi connectivity index (χ0n) is 16.0. The number of hydrogen-bond acceptors (Lipinski definition) is 5. The Hall–Kier alpha value is -1.47. The zero-order chi connectivity index (χ0) is 18.2. The molecule has 2 heterocycles. The minimum atomic E-state index is -0.256. The summed E-state index contributed by atoms with van der Waals surface area (Å²) in [6.07, 6.45) is 5.76. The fourth-order valence-electron chi connectivity index (χ4n) is 3.33. The summed E-state index contributed by atoms with van der Waals surface area (Å²) in [5, 5.41) is 8.56. The van der Waals surface area contributed by atoms with Crippen LogP contribution in [0.3, 0.4) is 0 Å². The first-order chi connectivity index (χ1) is 12.1. The van der Waals surface area contributed by atoms with Crippen molar-refractivity contribution in [1.29, 1.82) is 0 Å². The molecular formula is C18H34N6O. The highest BCUT2D eigenvalue weighted by molar-refractivity contribution is 5.80. The molecule has 0 bridgehead atoms. The number of rotatable bonds is 9. The van der Waals surface area contributed by atoms with E-state index in [1.165, 1.54) is 0 Å². The van der Waals surface area contributed by atoms with Crippen LogP contribution in [0.15, 0.2) is 6.20 Å². The summed E-state index contributed by atoms with van der Waals surface area (Å²) in [7, 11) is 0. The Bertz CT molecular complexity index is 523. The number of hydrogen-bond donors (Lipinski definition) is 1. The van der Waals surface area contributed by atoms with Crippen molar-refractivity contribution in [2.45, 2.75) is 52.5 Å².